The van der Waals surface area contributed by atoms with E-state index in [0.29, 0.717) is 49.1 Å². The molecule has 4 rings (SSSR count). The van der Waals surface area contributed by atoms with Crippen LogP contribution in [0.15, 0.2) is 47.4 Å². The van der Waals surface area contributed by atoms with Crippen LogP contribution >= 0.6 is 0 Å². The van der Waals surface area contributed by atoms with Crippen molar-refractivity contribution in [1.82, 2.24) is 9.21 Å². The van der Waals surface area contributed by atoms with E-state index >= 15 is 0 Å². The number of rotatable bonds is 5. The van der Waals surface area contributed by atoms with Gasteiger partial charge in [0.05, 0.1) is 18.1 Å². The van der Waals surface area contributed by atoms with Gasteiger partial charge in [-0.05, 0) is 29.8 Å². The highest BCUT2D eigenvalue weighted by atomic mass is 32.2. The maximum atomic E-state index is 13.2. The number of sulfonamides is 1. The van der Waals surface area contributed by atoms with E-state index in [1.807, 2.05) is 6.07 Å². The Hall–Kier alpha value is -2.43. The molecule has 172 valence electrons. The predicted molar refractivity (Wildman–Crippen MR) is 121 cm³/mol. The summed E-state index contributed by atoms with van der Waals surface area (Å²) in [7, 11) is -4.71. The minimum atomic E-state index is -3.72. The van der Waals surface area contributed by atoms with E-state index in [9.17, 15) is 17.4 Å². The van der Waals surface area contributed by atoms with Crippen LogP contribution in [0.25, 0.3) is 0 Å². The Morgan fingerprint density at radius 2 is 1.72 bits per heavy atom. The molecule has 0 N–H and O–H groups in total. The van der Waals surface area contributed by atoms with Crippen molar-refractivity contribution in [2.75, 3.05) is 45.6 Å². The predicted octanol–water partition coefficient (Wildman–Crippen LogP) is 1.87. The van der Waals surface area contributed by atoms with Gasteiger partial charge in [0.25, 0.3) is 5.91 Å². The van der Waals surface area contributed by atoms with Crippen LogP contribution in [0.5, 0.6) is 11.5 Å². The fourth-order valence-corrected chi connectivity index (χ4v) is 5.88. The van der Waals surface area contributed by atoms with Crippen molar-refractivity contribution in [3.63, 3.8) is 0 Å². The van der Waals surface area contributed by atoms with Crippen molar-refractivity contribution in [3.05, 3.63) is 53.6 Å². The van der Waals surface area contributed by atoms with E-state index in [4.69, 9.17) is 9.47 Å². The summed E-state index contributed by atoms with van der Waals surface area (Å²) in [5.41, 5.74) is 1.36. The second-order valence-electron chi connectivity index (χ2n) is 7.77. The van der Waals surface area contributed by atoms with Crippen molar-refractivity contribution in [3.8, 4) is 11.5 Å². The Morgan fingerprint density at radius 1 is 1.00 bits per heavy atom. The van der Waals surface area contributed by atoms with Gasteiger partial charge < -0.3 is 14.4 Å². The van der Waals surface area contributed by atoms with Gasteiger partial charge in [-0.2, -0.15) is 4.31 Å². The molecule has 2 aliphatic rings. The highest BCUT2D eigenvalue weighted by Gasteiger charge is 2.31. The molecule has 2 aromatic rings. The number of benzene rings is 2. The molecule has 1 saturated heterocycles. The number of carbonyl (C=O) groups is 1. The molecule has 2 heterocycles. The Morgan fingerprint density at radius 3 is 2.44 bits per heavy atom. The second kappa shape index (κ2) is 9.60. The smallest absolute Gasteiger partial charge is 0.253 e. The first-order chi connectivity index (χ1) is 15.3. The summed E-state index contributed by atoms with van der Waals surface area (Å²) in [5, 5.41) is 0. The standard InChI is InChI=1S/C22H26N2O6S2/c1-31(26)16-17-4-2-5-18(14-17)22(25)23-8-10-24(11-9-23)32(27,28)19-6-7-20-21(15-19)30-13-3-12-29-20/h2,4-7,14-15H,3,8-13,16H2,1H3. The molecule has 0 spiro atoms. The summed E-state index contributed by atoms with van der Waals surface area (Å²) in [4.78, 5) is 14.7. The van der Waals surface area contributed by atoms with Gasteiger partial charge in [-0.15, -0.1) is 0 Å². The third-order valence-corrected chi connectivity index (χ3v) is 8.06. The summed E-state index contributed by atoms with van der Waals surface area (Å²) in [6, 6.07) is 11.8. The number of hydrogen-bond donors (Lipinski definition) is 0. The van der Waals surface area contributed by atoms with Crippen LogP contribution in [-0.4, -0.2) is 73.4 Å². The average Bonchev–Trinajstić information content (AvgIpc) is 3.03. The Labute approximate surface area is 190 Å². The number of amides is 1. The number of hydrogen-bond acceptors (Lipinski definition) is 6. The second-order valence-corrected chi connectivity index (χ2v) is 11.1. The van der Waals surface area contributed by atoms with Crippen LogP contribution in [0.1, 0.15) is 22.3 Å². The van der Waals surface area contributed by atoms with Crippen LogP contribution in [0, 0.1) is 0 Å². The van der Waals surface area contributed by atoms with Gasteiger partial charge in [-0.3, -0.25) is 9.00 Å². The molecule has 1 atom stereocenters. The summed E-state index contributed by atoms with van der Waals surface area (Å²) < 4.78 is 50.4. The highest BCUT2D eigenvalue weighted by Crippen LogP contribution is 2.33. The third kappa shape index (κ3) is 4.97. The average molecular weight is 479 g/mol. The van der Waals surface area contributed by atoms with Gasteiger partial charge in [-0.25, -0.2) is 8.42 Å². The molecule has 8 nitrogen and oxygen atoms in total. The quantitative estimate of drug-likeness (QED) is 0.652. The molecule has 10 heteroatoms. The largest absolute Gasteiger partial charge is 0.490 e. The SMILES string of the molecule is CS(=O)Cc1cccc(C(=O)N2CCN(S(=O)(=O)c3ccc4c(c3)OCCCO4)CC2)c1. The van der Waals surface area contributed by atoms with Crippen molar-refractivity contribution in [1.29, 1.82) is 0 Å². The van der Waals surface area contributed by atoms with Gasteiger partial charge in [0.2, 0.25) is 10.0 Å². The van der Waals surface area contributed by atoms with Crippen LogP contribution in [-0.2, 0) is 26.6 Å². The Balaban J connectivity index is 1.43. The molecule has 2 aliphatic heterocycles. The summed E-state index contributed by atoms with van der Waals surface area (Å²) in [6.45, 7) is 2.03. The zero-order valence-corrected chi connectivity index (χ0v) is 19.5. The zero-order chi connectivity index (χ0) is 22.7. The van der Waals surface area contributed by atoms with Crippen LogP contribution < -0.4 is 9.47 Å². The molecule has 0 aromatic heterocycles. The molecular weight excluding hydrogens is 452 g/mol. The first-order valence-electron chi connectivity index (χ1n) is 10.4. The molecule has 32 heavy (non-hydrogen) atoms. The first-order valence-corrected chi connectivity index (χ1v) is 13.6. The van der Waals surface area contributed by atoms with Crippen LogP contribution in [0.4, 0.5) is 0 Å². The maximum absolute atomic E-state index is 13.2. The van der Waals surface area contributed by atoms with Crippen molar-refractivity contribution < 1.29 is 26.9 Å². The molecule has 0 saturated carbocycles. The fraction of sp³-hybridized carbons (Fsp3) is 0.409. The lowest BCUT2D eigenvalue weighted by Crippen LogP contribution is -2.50. The summed E-state index contributed by atoms with van der Waals surface area (Å²) in [5.74, 6) is 1.22. The van der Waals surface area contributed by atoms with Gasteiger partial charge >= 0.3 is 0 Å². The molecule has 0 aliphatic carbocycles. The van der Waals surface area contributed by atoms with Gasteiger partial charge in [0.1, 0.15) is 0 Å². The summed E-state index contributed by atoms with van der Waals surface area (Å²) >= 11 is 0. The van der Waals surface area contributed by atoms with Gasteiger partial charge in [-0.1, -0.05) is 12.1 Å². The van der Waals surface area contributed by atoms with Gasteiger partial charge in [0, 0.05) is 67.0 Å². The number of piperazine rings is 1. The minimum Gasteiger partial charge on any atom is -0.490 e. The Bertz CT molecular complexity index is 1130. The highest BCUT2D eigenvalue weighted by molar-refractivity contribution is 7.89. The van der Waals surface area contributed by atoms with E-state index in [1.165, 1.54) is 16.4 Å². The molecule has 2 aromatic carbocycles. The molecule has 0 radical (unpaired) electrons. The van der Waals surface area contributed by atoms with Crippen molar-refractivity contribution >= 4 is 26.7 Å². The normalized spacial score (nSPS) is 18.1. The molecule has 1 fully saturated rings. The lowest BCUT2D eigenvalue weighted by molar-refractivity contribution is 0.0698. The number of carbonyl (C=O) groups excluding carboxylic acids is 1. The monoisotopic (exact) mass is 478 g/mol. The maximum Gasteiger partial charge on any atom is 0.253 e. The van der Waals surface area contributed by atoms with E-state index in [0.717, 1.165) is 12.0 Å². The molecular formula is C22H26N2O6S2. The van der Waals surface area contributed by atoms with Crippen LogP contribution in [0.2, 0.25) is 0 Å². The van der Waals surface area contributed by atoms with Crippen molar-refractivity contribution in [2.45, 2.75) is 17.1 Å². The Kier molecular flexibility index (Phi) is 6.82. The minimum absolute atomic E-state index is 0.152. The third-order valence-electron chi connectivity index (χ3n) is 5.43. The number of fused-ring (bicyclic) bond motifs is 1. The number of ether oxygens (including phenoxy) is 2. The van der Waals surface area contributed by atoms with Crippen LogP contribution in [0.3, 0.4) is 0 Å². The zero-order valence-electron chi connectivity index (χ0n) is 17.9. The van der Waals surface area contributed by atoms with E-state index in [2.05, 4.69) is 0 Å². The topological polar surface area (TPSA) is 93.2 Å². The van der Waals surface area contributed by atoms with E-state index in [1.54, 1.807) is 35.4 Å². The number of nitrogens with zero attached hydrogens (tertiary/aromatic N) is 2. The summed E-state index contributed by atoms with van der Waals surface area (Å²) in [6.07, 6.45) is 2.36. The van der Waals surface area contributed by atoms with Crippen molar-refractivity contribution in [2.24, 2.45) is 0 Å². The molecule has 1 unspecified atom stereocenters. The van der Waals surface area contributed by atoms with E-state index < -0.39 is 20.8 Å². The lowest BCUT2D eigenvalue weighted by atomic mass is 10.1. The molecule has 0 bridgehead atoms. The fourth-order valence-electron chi connectivity index (χ4n) is 3.80. The lowest BCUT2D eigenvalue weighted by Gasteiger charge is -2.34. The molecule has 1 amide bonds. The van der Waals surface area contributed by atoms with E-state index in [-0.39, 0.29) is 23.9 Å². The van der Waals surface area contributed by atoms with Gasteiger partial charge in [0.15, 0.2) is 11.5 Å². The first kappa shape index (κ1) is 22.8.